The van der Waals surface area contributed by atoms with Crippen LogP contribution in [0.4, 0.5) is 0 Å². The first kappa shape index (κ1) is 64.6. The van der Waals surface area contributed by atoms with Gasteiger partial charge in [-0.05, 0) is 83.5 Å². The summed E-state index contributed by atoms with van der Waals surface area (Å²) in [6, 6.07) is 0. The van der Waals surface area contributed by atoms with E-state index in [4.69, 9.17) is 18.5 Å². The smallest absolute Gasteiger partial charge is 0.462 e. The molecule has 0 amide bonds. The van der Waals surface area contributed by atoms with Gasteiger partial charge in [-0.25, -0.2) is 9.13 Å². The Hall–Kier alpha value is -3.38. The minimum absolute atomic E-state index is 0.0537. The highest BCUT2D eigenvalue weighted by Gasteiger charge is 2.54. The summed E-state index contributed by atoms with van der Waals surface area (Å²) in [5.74, 6) is -1.35. The minimum Gasteiger partial charge on any atom is -0.462 e. The van der Waals surface area contributed by atoms with Gasteiger partial charge in [0, 0.05) is 12.8 Å². The molecule has 1 rings (SSSR count). The lowest BCUT2D eigenvalue weighted by Gasteiger charge is -2.43. The van der Waals surface area contributed by atoms with Crippen LogP contribution in [0.15, 0.2) is 109 Å². The summed E-state index contributed by atoms with van der Waals surface area (Å²) < 4.78 is 49.3. The van der Waals surface area contributed by atoms with Crippen molar-refractivity contribution in [2.45, 2.75) is 185 Å². The standard InChI is InChI=1S/C51H82O17P2/c1-3-5-7-8-9-10-11-12-13-14-15-16-17-18-21-24-27-30-34-38-44(53)64-40-43(41-65-70(62,63)68-51-48(57)46(55)47(56)50(49(51)58)67-69(59,60)61)66-45(54)39-35-31-28-25-22-19-20-23-26-29-33-37-42(52)36-32-6-4-2/h5,7,9-10,12-13,15-16,18-21,25-26,28-29,33,37,42-43,46-52,55-58H,3-4,6,8,11,14,17,22-24,27,30-32,34-36,38-41H2,1-2H3,(H,62,63)(H2,59,60,61)/b7-5-,10-9-,13-12-,16-15-,20-19-,21-18-,28-25-,29-26-,37-33+/t42-,43+,46?,47?,48?,49?,50+,51-/m0/s1. The minimum atomic E-state index is -5.39. The summed E-state index contributed by atoms with van der Waals surface area (Å²) >= 11 is 0. The van der Waals surface area contributed by atoms with Crippen LogP contribution in [0.2, 0.25) is 0 Å². The first-order valence-electron chi connectivity index (χ1n) is 24.5. The highest BCUT2D eigenvalue weighted by Crippen LogP contribution is 2.49. The molecule has 0 bridgehead atoms. The van der Waals surface area contributed by atoms with Crippen molar-refractivity contribution in [3.8, 4) is 0 Å². The summed E-state index contributed by atoms with van der Waals surface area (Å²) in [7, 11) is -10.7. The number of phosphoric ester groups is 2. The van der Waals surface area contributed by atoms with Crippen LogP contribution < -0.4 is 0 Å². The molecule has 5 unspecified atom stereocenters. The summed E-state index contributed by atoms with van der Waals surface area (Å²) in [4.78, 5) is 54.3. The number of hydrogen-bond donors (Lipinski definition) is 8. The zero-order valence-electron chi connectivity index (χ0n) is 41.0. The zero-order valence-corrected chi connectivity index (χ0v) is 42.8. The monoisotopic (exact) mass is 1030 g/mol. The van der Waals surface area contributed by atoms with E-state index in [1.165, 1.54) is 0 Å². The van der Waals surface area contributed by atoms with Crippen LogP contribution in [0, 0.1) is 0 Å². The fourth-order valence-electron chi connectivity index (χ4n) is 6.62. The van der Waals surface area contributed by atoms with Crippen LogP contribution in [0.25, 0.3) is 0 Å². The molecule has 0 radical (unpaired) electrons. The van der Waals surface area contributed by atoms with E-state index in [1.54, 1.807) is 6.08 Å². The Morgan fingerprint density at radius 2 is 1.06 bits per heavy atom. The van der Waals surface area contributed by atoms with Crippen LogP contribution in [-0.4, -0.2) is 114 Å². The van der Waals surface area contributed by atoms with Gasteiger partial charge in [-0.1, -0.05) is 149 Å². The fourth-order valence-corrected chi connectivity index (χ4v) is 8.16. The number of carbonyl (C=O) groups excluding carboxylic acids is 2. The molecule has 398 valence electrons. The van der Waals surface area contributed by atoms with Crippen molar-refractivity contribution in [2.24, 2.45) is 0 Å². The van der Waals surface area contributed by atoms with Gasteiger partial charge in [-0.2, -0.15) is 0 Å². The molecular weight excluding hydrogens is 946 g/mol. The van der Waals surface area contributed by atoms with E-state index < -0.39 is 89.6 Å². The van der Waals surface area contributed by atoms with Gasteiger partial charge in [0.25, 0.3) is 0 Å². The lowest BCUT2D eigenvalue weighted by molar-refractivity contribution is -0.216. The number of ether oxygens (including phenoxy) is 2. The van der Waals surface area contributed by atoms with Gasteiger partial charge in [0.15, 0.2) is 6.10 Å². The van der Waals surface area contributed by atoms with E-state index in [1.807, 2.05) is 42.5 Å². The average molecular weight is 1030 g/mol. The number of aliphatic hydroxyl groups excluding tert-OH is 5. The highest BCUT2D eigenvalue weighted by atomic mass is 31.2. The average Bonchev–Trinajstić information content (AvgIpc) is 3.31. The molecule has 9 atom stereocenters. The van der Waals surface area contributed by atoms with Gasteiger partial charge in [0.1, 0.15) is 43.2 Å². The maximum atomic E-state index is 13.0. The van der Waals surface area contributed by atoms with Gasteiger partial charge in [-0.3, -0.25) is 23.2 Å². The molecule has 0 spiro atoms. The topological polar surface area (TPSA) is 276 Å². The fraction of sp³-hybridized carbons (Fsp3) is 0.608. The Morgan fingerprint density at radius 1 is 0.543 bits per heavy atom. The van der Waals surface area contributed by atoms with Gasteiger partial charge >= 0.3 is 27.6 Å². The normalized spacial score (nSPS) is 22.4. The Kier molecular flexibility index (Phi) is 37.1. The van der Waals surface area contributed by atoms with Crippen LogP contribution >= 0.6 is 15.6 Å². The van der Waals surface area contributed by atoms with E-state index in [2.05, 4.69) is 79.1 Å². The lowest BCUT2D eigenvalue weighted by Crippen LogP contribution is -2.64. The molecule has 17 nitrogen and oxygen atoms in total. The molecule has 1 saturated carbocycles. The molecule has 1 aliphatic rings. The quantitative estimate of drug-likeness (QED) is 0.00940. The molecule has 0 aliphatic heterocycles. The third-order valence-corrected chi connectivity index (χ3v) is 11.9. The SMILES string of the molecule is CC/C=C\C/C=C\C/C=C\C/C=C\C/C=C\CCCCCC(=O)OC[C@H](COP(=O)(O)O[C@H]1C(O)C(O)C(O)[C@@H](OP(=O)(O)O)C1O)OC(=O)CCC/C=C\C/C=C\C/C=C\C=C\[C@@H](O)CCCCC. The number of allylic oxidation sites excluding steroid dienone is 17. The first-order valence-corrected chi connectivity index (χ1v) is 27.6. The highest BCUT2D eigenvalue weighted by molar-refractivity contribution is 7.47. The van der Waals surface area contributed by atoms with Crippen molar-refractivity contribution in [2.75, 3.05) is 13.2 Å². The Bertz CT molecular complexity index is 1780. The maximum absolute atomic E-state index is 13.0. The third-order valence-electron chi connectivity index (χ3n) is 10.4. The molecule has 0 aromatic rings. The number of aliphatic hydroxyl groups is 5. The molecule has 1 aliphatic carbocycles. The molecule has 70 heavy (non-hydrogen) atoms. The van der Waals surface area contributed by atoms with Crippen molar-refractivity contribution in [3.05, 3.63) is 109 Å². The van der Waals surface area contributed by atoms with Crippen LogP contribution in [0.3, 0.4) is 0 Å². The molecule has 0 saturated heterocycles. The van der Waals surface area contributed by atoms with Gasteiger partial charge in [0.2, 0.25) is 0 Å². The number of carbonyl (C=O) groups is 2. The summed E-state index contributed by atoms with van der Waals surface area (Å²) in [5, 5.41) is 51.2. The Morgan fingerprint density at radius 3 is 1.61 bits per heavy atom. The van der Waals surface area contributed by atoms with Gasteiger partial charge < -0.3 is 49.7 Å². The second kappa shape index (κ2) is 40.1. The van der Waals surface area contributed by atoms with E-state index in [9.17, 15) is 58.9 Å². The van der Waals surface area contributed by atoms with Crippen molar-refractivity contribution >= 4 is 27.6 Å². The predicted octanol–water partition coefficient (Wildman–Crippen LogP) is 8.70. The Labute approximate surface area is 415 Å². The number of phosphoric acid groups is 2. The second-order valence-corrected chi connectivity index (χ2v) is 19.2. The van der Waals surface area contributed by atoms with E-state index in [-0.39, 0.29) is 12.8 Å². The van der Waals surface area contributed by atoms with Crippen LogP contribution in [0.5, 0.6) is 0 Å². The first-order chi connectivity index (χ1) is 33.5. The third kappa shape index (κ3) is 34.1. The summed E-state index contributed by atoms with van der Waals surface area (Å²) in [6.07, 6.45) is 35.1. The van der Waals surface area contributed by atoms with Crippen molar-refractivity contribution in [1.82, 2.24) is 0 Å². The van der Waals surface area contributed by atoms with Crippen molar-refractivity contribution in [3.63, 3.8) is 0 Å². The second-order valence-electron chi connectivity index (χ2n) is 16.6. The molecule has 0 aromatic carbocycles. The molecule has 0 aromatic heterocycles. The van der Waals surface area contributed by atoms with Crippen LogP contribution in [-0.2, 0) is 41.8 Å². The summed E-state index contributed by atoms with van der Waals surface area (Å²) in [5.41, 5.74) is 0. The maximum Gasteiger partial charge on any atom is 0.472 e. The molecule has 19 heteroatoms. The number of hydrogen-bond acceptors (Lipinski definition) is 14. The lowest BCUT2D eigenvalue weighted by atomic mass is 9.85. The Balaban J connectivity index is 2.66. The molecule has 1 fully saturated rings. The predicted molar refractivity (Wildman–Crippen MR) is 270 cm³/mol. The zero-order chi connectivity index (χ0) is 51.9. The number of esters is 2. The molecular formula is C51H82O17P2. The van der Waals surface area contributed by atoms with Gasteiger partial charge in [0.05, 0.1) is 12.7 Å². The van der Waals surface area contributed by atoms with Crippen molar-refractivity contribution in [1.29, 1.82) is 0 Å². The van der Waals surface area contributed by atoms with E-state index in [0.29, 0.717) is 25.7 Å². The largest absolute Gasteiger partial charge is 0.472 e. The molecule has 8 N–H and O–H groups in total. The summed E-state index contributed by atoms with van der Waals surface area (Å²) in [6.45, 7) is 2.79. The van der Waals surface area contributed by atoms with E-state index in [0.717, 1.165) is 83.5 Å². The molecule has 0 heterocycles. The number of rotatable bonds is 39. The van der Waals surface area contributed by atoms with Crippen LogP contribution in [0.1, 0.15) is 136 Å². The van der Waals surface area contributed by atoms with E-state index >= 15 is 0 Å². The van der Waals surface area contributed by atoms with Crippen molar-refractivity contribution < 1.29 is 82.0 Å². The number of unbranched alkanes of at least 4 members (excludes halogenated alkanes) is 6. The van der Waals surface area contributed by atoms with Gasteiger partial charge in [-0.15, -0.1) is 0 Å².